The number of para-hydroxylation sites is 1. The number of nitrogens with zero attached hydrogens (tertiary/aromatic N) is 1. The minimum atomic E-state index is -3.70. The van der Waals surface area contributed by atoms with E-state index in [0.29, 0.717) is 13.2 Å². The van der Waals surface area contributed by atoms with Crippen molar-refractivity contribution in [1.29, 1.82) is 0 Å². The summed E-state index contributed by atoms with van der Waals surface area (Å²) in [6.45, 7) is 1.22. The van der Waals surface area contributed by atoms with Gasteiger partial charge in [0.2, 0.25) is 10.0 Å². The maximum atomic E-state index is 13.6. The van der Waals surface area contributed by atoms with Crippen LogP contribution in [0.5, 0.6) is 0 Å². The van der Waals surface area contributed by atoms with Crippen molar-refractivity contribution >= 4 is 21.6 Å². The fraction of sp³-hybridized carbons (Fsp3) is 0.235. The molecule has 1 fully saturated rings. The lowest BCUT2D eigenvalue weighted by Gasteiger charge is -2.26. The van der Waals surface area contributed by atoms with E-state index in [1.165, 1.54) is 46.8 Å². The van der Waals surface area contributed by atoms with Gasteiger partial charge in [-0.25, -0.2) is 12.8 Å². The predicted molar refractivity (Wildman–Crippen MR) is 90.4 cm³/mol. The molecule has 8 heteroatoms. The molecular formula is C17H17FN2O4S. The number of halogens is 1. The molecular weight excluding hydrogens is 347 g/mol. The minimum absolute atomic E-state index is 0.0237. The maximum absolute atomic E-state index is 13.6. The van der Waals surface area contributed by atoms with E-state index in [1.807, 2.05) is 0 Å². The first-order chi connectivity index (χ1) is 12.0. The number of amides is 1. The van der Waals surface area contributed by atoms with Crippen LogP contribution in [0.4, 0.5) is 10.1 Å². The molecule has 3 rings (SSSR count). The normalized spacial score (nSPS) is 15.7. The zero-order valence-electron chi connectivity index (χ0n) is 13.3. The third kappa shape index (κ3) is 3.87. The van der Waals surface area contributed by atoms with Gasteiger partial charge in [-0.15, -0.1) is 0 Å². The highest BCUT2D eigenvalue weighted by Gasteiger charge is 2.26. The van der Waals surface area contributed by atoms with Crippen molar-refractivity contribution in [2.75, 3.05) is 31.6 Å². The van der Waals surface area contributed by atoms with E-state index in [1.54, 1.807) is 6.07 Å². The zero-order chi connectivity index (χ0) is 17.9. The van der Waals surface area contributed by atoms with Crippen LogP contribution in [-0.4, -0.2) is 44.9 Å². The van der Waals surface area contributed by atoms with Gasteiger partial charge in [0, 0.05) is 18.7 Å². The topological polar surface area (TPSA) is 75.7 Å². The van der Waals surface area contributed by atoms with Gasteiger partial charge in [0.25, 0.3) is 5.91 Å². The van der Waals surface area contributed by atoms with Gasteiger partial charge in [-0.05, 0) is 30.3 Å². The van der Waals surface area contributed by atoms with Gasteiger partial charge >= 0.3 is 0 Å². The van der Waals surface area contributed by atoms with Gasteiger partial charge in [0.15, 0.2) is 0 Å². The number of sulfonamides is 1. The van der Waals surface area contributed by atoms with Gasteiger partial charge < -0.3 is 10.1 Å². The Bertz CT molecular complexity index is 880. The van der Waals surface area contributed by atoms with Crippen LogP contribution in [0.15, 0.2) is 53.4 Å². The number of benzene rings is 2. The molecule has 2 aromatic rings. The molecule has 0 saturated carbocycles. The van der Waals surface area contributed by atoms with Crippen LogP contribution in [0.2, 0.25) is 0 Å². The standard InChI is InChI=1S/C17H17FN2O4S/c18-15-6-1-2-7-16(15)19-17(21)13-4-3-5-14(12-13)25(22,23)20-8-10-24-11-9-20/h1-7,12H,8-11H2,(H,19,21). The largest absolute Gasteiger partial charge is 0.379 e. The summed E-state index contributed by atoms with van der Waals surface area (Å²) in [6.07, 6.45) is 0. The van der Waals surface area contributed by atoms with Crippen molar-refractivity contribution in [3.63, 3.8) is 0 Å². The number of carbonyl (C=O) groups excluding carboxylic acids is 1. The lowest BCUT2D eigenvalue weighted by Crippen LogP contribution is -2.40. The van der Waals surface area contributed by atoms with Crippen molar-refractivity contribution in [3.8, 4) is 0 Å². The van der Waals surface area contributed by atoms with Gasteiger partial charge in [-0.1, -0.05) is 18.2 Å². The highest BCUT2D eigenvalue weighted by atomic mass is 32.2. The van der Waals surface area contributed by atoms with Crippen LogP contribution < -0.4 is 5.32 Å². The van der Waals surface area contributed by atoms with Gasteiger partial charge in [0.1, 0.15) is 5.82 Å². The van der Waals surface area contributed by atoms with Crippen LogP contribution >= 0.6 is 0 Å². The Labute approximate surface area is 145 Å². The molecule has 1 amide bonds. The van der Waals surface area contributed by atoms with E-state index < -0.39 is 21.7 Å². The zero-order valence-corrected chi connectivity index (χ0v) is 14.1. The molecule has 0 spiro atoms. The Hall–Kier alpha value is -2.29. The molecule has 0 aromatic heterocycles. The first-order valence-electron chi connectivity index (χ1n) is 7.72. The van der Waals surface area contributed by atoms with E-state index in [4.69, 9.17) is 4.74 Å². The molecule has 1 heterocycles. The van der Waals surface area contributed by atoms with Crippen molar-refractivity contribution in [2.45, 2.75) is 4.90 Å². The second-order valence-corrected chi connectivity index (χ2v) is 7.42. The van der Waals surface area contributed by atoms with Gasteiger partial charge in [-0.2, -0.15) is 4.31 Å². The number of rotatable bonds is 4. The van der Waals surface area contributed by atoms with E-state index in [-0.39, 0.29) is 29.2 Å². The van der Waals surface area contributed by atoms with E-state index in [2.05, 4.69) is 5.32 Å². The minimum Gasteiger partial charge on any atom is -0.379 e. The van der Waals surface area contributed by atoms with Crippen LogP contribution in [0, 0.1) is 5.82 Å². The summed E-state index contributed by atoms with van der Waals surface area (Å²) in [5, 5.41) is 2.44. The SMILES string of the molecule is O=C(Nc1ccccc1F)c1cccc(S(=O)(=O)N2CCOCC2)c1. The summed E-state index contributed by atoms with van der Waals surface area (Å²) >= 11 is 0. The van der Waals surface area contributed by atoms with E-state index in [0.717, 1.165) is 0 Å². The molecule has 1 aliphatic heterocycles. The van der Waals surface area contributed by atoms with Crippen LogP contribution in [0.25, 0.3) is 0 Å². The summed E-state index contributed by atoms with van der Waals surface area (Å²) < 4.78 is 45.4. The fourth-order valence-electron chi connectivity index (χ4n) is 2.49. The Kier molecular flexibility index (Phi) is 5.12. The number of hydrogen-bond acceptors (Lipinski definition) is 4. The number of carbonyl (C=O) groups is 1. The summed E-state index contributed by atoms with van der Waals surface area (Å²) in [5.41, 5.74) is 0.173. The third-order valence-corrected chi connectivity index (χ3v) is 5.72. The number of morpholine rings is 1. The first kappa shape index (κ1) is 17.5. The fourth-order valence-corrected chi connectivity index (χ4v) is 3.95. The van der Waals surface area contributed by atoms with E-state index >= 15 is 0 Å². The Morgan fingerprint density at radius 3 is 2.52 bits per heavy atom. The highest BCUT2D eigenvalue weighted by Crippen LogP contribution is 2.20. The number of ether oxygens (including phenoxy) is 1. The van der Waals surface area contributed by atoms with Gasteiger partial charge in [-0.3, -0.25) is 4.79 Å². The van der Waals surface area contributed by atoms with Crippen LogP contribution in [0.1, 0.15) is 10.4 Å². The van der Waals surface area contributed by atoms with Crippen molar-refractivity contribution in [3.05, 3.63) is 59.9 Å². The molecule has 2 aromatic carbocycles. The Balaban J connectivity index is 1.83. The molecule has 0 unspecified atom stereocenters. The molecule has 0 aliphatic carbocycles. The molecule has 1 saturated heterocycles. The summed E-state index contributed by atoms with van der Waals surface area (Å²) in [6, 6.07) is 11.5. The lowest BCUT2D eigenvalue weighted by molar-refractivity contribution is 0.0730. The smallest absolute Gasteiger partial charge is 0.255 e. The molecule has 1 N–H and O–H groups in total. The number of anilines is 1. The van der Waals surface area contributed by atoms with Gasteiger partial charge in [0.05, 0.1) is 23.8 Å². The van der Waals surface area contributed by atoms with Crippen molar-refractivity contribution < 1.29 is 22.3 Å². The predicted octanol–water partition coefficient (Wildman–Crippen LogP) is 2.10. The second kappa shape index (κ2) is 7.30. The molecule has 25 heavy (non-hydrogen) atoms. The average molecular weight is 364 g/mol. The van der Waals surface area contributed by atoms with E-state index in [9.17, 15) is 17.6 Å². The monoisotopic (exact) mass is 364 g/mol. The Morgan fingerprint density at radius 1 is 1.08 bits per heavy atom. The molecule has 132 valence electrons. The molecule has 6 nitrogen and oxygen atoms in total. The first-order valence-corrected chi connectivity index (χ1v) is 9.16. The average Bonchev–Trinajstić information content (AvgIpc) is 2.64. The lowest BCUT2D eigenvalue weighted by atomic mass is 10.2. The molecule has 0 bridgehead atoms. The molecule has 1 aliphatic rings. The van der Waals surface area contributed by atoms with Crippen molar-refractivity contribution in [2.24, 2.45) is 0 Å². The summed E-state index contributed by atoms with van der Waals surface area (Å²) in [5.74, 6) is -1.14. The number of nitrogens with one attached hydrogen (secondary N) is 1. The highest BCUT2D eigenvalue weighted by molar-refractivity contribution is 7.89. The summed E-state index contributed by atoms with van der Waals surface area (Å²) in [7, 11) is -3.70. The van der Waals surface area contributed by atoms with Crippen molar-refractivity contribution in [1.82, 2.24) is 4.31 Å². The quantitative estimate of drug-likeness (QED) is 0.901. The maximum Gasteiger partial charge on any atom is 0.255 e. The van der Waals surface area contributed by atoms with Crippen LogP contribution in [-0.2, 0) is 14.8 Å². The van der Waals surface area contributed by atoms with Crippen LogP contribution in [0.3, 0.4) is 0 Å². The third-order valence-electron chi connectivity index (χ3n) is 3.83. The Morgan fingerprint density at radius 2 is 1.80 bits per heavy atom. The second-order valence-electron chi connectivity index (χ2n) is 5.48. The molecule has 0 radical (unpaired) electrons. The molecule has 0 atom stereocenters. The summed E-state index contributed by atoms with van der Waals surface area (Å²) in [4.78, 5) is 12.3. The number of hydrogen-bond donors (Lipinski definition) is 1.